The molecule has 0 bridgehead atoms. The highest BCUT2D eigenvalue weighted by Crippen LogP contribution is 2.11. The van der Waals surface area contributed by atoms with E-state index < -0.39 is 0 Å². The fourth-order valence-corrected chi connectivity index (χ4v) is 3.11. The normalized spacial score (nSPS) is 14.5. The number of rotatable bonds is 4. The number of nitrogens with zero attached hydrogens (tertiary/aromatic N) is 4. The van der Waals surface area contributed by atoms with Crippen molar-refractivity contribution in [2.24, 2.45) is 0 Å². The Hall–Kier alpha value is -2.63. The molecule has 0 spiro atoms. The van der Waals surface area contributed by atoms with Gasteiger partial charge in [-0.2, -0.15) is 0 Å². The SMILES string of the molecule is Cc1ccc(CCNC(=O)N2CCN(c3ncccn3)CC2)c(C)c1. The third-order valence-electron chi connectivity index (χ3n) is 4.57. The molecule has 1 aromatic carbocycles. The molecule has 2 amide bonds. The molecule has 2 aromatic rings. The van der Waals surface area contributed by atoms with Crippen LogP contribution in [-0.2, 0) is 6.42 Å². The molecule has 1 aromatic heterocycles. The van der Waals surface area contributed by atoms with Gasteiger partial charge in [-0.3, -0.25) is 0 Å². The minimum Gasteiger partial charge on any atom is -0.338 e. The Morgan fingerprint density at radius 1 is 1.12 bits per heavy atom. The molecule has 25 heavy (non-hydrogen) atoms. The van der Waals surface area contributed by atoms with Gasteiger partial charge in [-0.25, -0.2) is 14.8 Å². The molecular formula is C19H25N5O. The van der Waals surface area contributed by atoms with E-state index in [1.165, 1.54) is 16.7 Å². The lowest BCUT2D eigenvalue weighted by Crippen LogP contribution is -2.52. The molecule has 2 heterocycles. The van der Waals surface area contributed by atoms with E-state index in [4.69, 9.17) is 0 Å². The summed E-state index contributed by atoms with van der Waals surface area (Å²) in [5, 5.41) is 3.03. The van der Waals surface area contributed by atoms with E-state index >= 15 is 0 Å². The Labute approximate surface area is 148 Å². The van der Waals surface area contributed by atoms with Crippen molar-refractivity contribution in [3.63, 3.8) is 0 Å². The molecule has 132 valence electrons. The number of hydrogen-bond donors (Lipinski definition) is 1. The first-order chi connectivity index (χ1) is 12.1. The predicted molar refractivity (Wildman–Crippen MR) is 98.8 cm³/mol. The first kappa shape index (κ1) is 17.2. The number of carbonyl (C=O) groups excluding carboxylic acids is 1. The average Bonchev–Trinajstić information content (AvgIpc) is 2.64. The molecule has 0 atom stereocenters. The maximum atomic E-state index is 12.3. The van der Waals surface area contributed by atoms with Gasteiger partial charge >= 0.3 is 6.03 Å². The number of anilines is 1. The lowest BCUT2D eigenvalue weighted by Gasteiger charge is -2.34. The van der Waals surface area contributed by atoms with Crippen LogP contribution in [0.2, 0.25) is 0 Å². The van der Waals surface area contributed by atoms with E-state index in [1.54, 1.807) is 12.4 Å². The number of amides is 2. The Kier molecular flexibility index (Phi) is 5.48. The maximum Gasteiger partial charge on any atom is 0.317 e. The van der Waals surface area contributed by atoms with Gasteiger partial charge in [0.2, 0.25) is 5.95 Å². The van der Waals surface area contributed by atoms with Crippen molar-refractivity contribution in [2.75, 3.05) is 37.6 Å². The second-order valence-corrected chi connectivity index (χ2v) is 6.43. The highest BCUT2D eigenvalue weighted by Gasteiger charge is 2.22. The van der Waals surface area contributed by atoms with Gasteiger partial charge < -0.3 is 15.1 Å². The van der Waals surface area contributed by atoms with Crippen molar-refractivity contribution < 1.29 is 4.79 Å². The van der Waals surface area contributed by atoms with Gasteiger partial charge in [-0.15, -0.1) is 0 Å². The van der Waals surface area contributed by atoms with Crippen molar-refractivity contribution in [3.8, 4) is 0 Å². The van der Waals surface area contributed by atoms with E-state index in [0.717, 1.165) is 25.5 Å². The van der Waals surface area contributed by atoms with E-state index in [1.807, 2.05) is 11.0 Å². The molecule has 3 rings (SSSR count). The lowest BCUT2D eigenvalue weighted by molar-refractivity contribution is 0.194. The van der Waals surface area contributed by atoms with Crippen LogP contribution in [0.4, 0.5) is 10.7 Å². The van der Waals surface area contributed by atoms with Gasteiger partial charge in [-0.1, -0.05) is 23.8 Å². The van der Waals surface area contributed by atoms with Gasteiger partial charge in [0.1, 0.15) is 0 Å². The predicted octanol–water partition coefficient (Wildman–Crippen LogP) is 2.17. The van der Waals surface area contributed by atoms with E-state index in [2.05, 4.69) is 52.2 Å². The second kappa shape index (κ2) is 7.96. The standard InChI is InChI=1S/C19H25N5O/c1-15-4-5-17(16(2)14-15)6-9-22-19(25)24-12-10-23(11-13-24)18-20-7-3-8-21-18/h3-5,7-8,14H,6,9-13H2,1-2H3,(H,22,25). The van der Waals surface area contributed by atoms with Gasteiger partial charge in [0.15, 0.2) is 0 Å². The minimum atomic E-state index is 0.0124. The van der Waals surface area contributed by atoms with Crippen molar-refractivity contribution in [2.45, 2.75) is 20.3 Å². The van der Waals surface area contributed by atoms with Crippen LogP contribution in [0.3, 0.4) is 0 Å². The Morgan fingerprint density at radius 3 is 2.52 bits per heavy atom. The van der Waals surface area contributed by atoms with Crippen LogP contribution < -0.4 is 10.2 Å². The minimum absolute atomic E-state index is 0.0124. The molecule has 1 fully saturated rings. The number of piperazine rings is 1. The van der Waals surface area contributed by atoms with Crippen LogP contribution in [0.15, 0.2) is 36.7 Å². The van der Waals surface area contributed by atoms with E-state index in [9.17, 15) is 4.79 Å². The summed E-state index contributed by atoms with van der Waals surface area (Å²) in [7, 11) is 0. The first-order valence-corrected chi connectivity index (χ1v) is 8.74. The van der Waals surface area contributed by atoms with Crippen LogP contribution in [0.25, 0.3) is 0 Å². The largest absolute Gasteiger partial charge is 0.338 e. The lowest BCUT2D eigenvalue weighted by atomic mass is 10.0. The van der Waals surface area contributed by atoms with Crippen LogP contribution in [0.5, 0.6) is 0 Å². The molecule has 1 saturated heterocycles. The van der Waals surface area contributed by atoms with Gasteiger partial charge in [0.25, 0.3) is 0 Å². The molecule has 0 unspecified atom stereocenters. The zero-order valence-corrected chi connectivity index (χ0v) is 14.9. The van der Waals surface area contributed by atoms with E-state index in [0.29, 0.717) is 19.6 Å². The van der Waals surface area contributed by atoms with Gasteiger partial charge in [0.05, 0.1) is 0 Å². The summed E-state index contributed by atoms with van der Waals surface area (Å²) in [6.07, 6.45) is 4.35. The average molecular weight is 339 g/mol. The number of hydrogen-bond acceptors (Lipinski definition) is 4. The fraction of sp³-hybridized carbons (Fsp3) is 0.421. The molecule has 0 radical (unpaired) electrons. The highest BCUT2D eigenvalue weighted by molar-refractivity contribution is 5.74. The van der Waals surface area contributed by atoms with Gasteiger partial charge in [-0.05, 0) is 37.5 Å². The summed E-state index contributed by atoms with van der Waals surface area (Å²) < 4.78 is 0. The molecular weight excluding hydrogens is 314 g/mol. The number of aromatic nitrogens is 2. The third kappa shape index (κ3) is 4.47. The van der Waals surface area contributed by atoms with Crippen molar-refractivity contribution in [1.82, 2.24) is 20.2 Å². The highest BCUT2D eigenvalue weighted by atomic mass is 16.2. The summed E-state index contributed by atoms with van der Waals surface area (Å²) in [6, 6.07) is 8.27. The summed E-state index contributed by atoms with van der Waals surface area (Å²) in [4.78, 5) is 24.8. The Balaban J connectivity index is 1.43. The summed E-state index contributed by atoms with van der Waals surface area (Å²) in [6.45, 7) is 7.77. The smallest absolute Gasteiger partial charge is 0.317 e. The monoisotopic (exact) mass is 339 g/mol. The Bertz CT molecular complexity index is 711. The summed E-state index contributed by atoms with van der Waals surface area (Å²) >= 11 is 0. The first-order valence-electron chi connectivity index (χ1n) is 8.74. The maximum absolute atomic E-state index is 12.3. The Morgan fingerprint density at radius 2 is 1.84 bits per heavy atom. The molecule has 0 saturated carbocycles. The number of carbonyl (C=O) groups is 1. The van der Waals surface area contributed by atoms with Crippen LogP contribution in [0, 0.1) is 13.8 Å². The molecule has 1 aliphatic heterocycles. The van der Waals surface area contributed by atoms with E-state index in [-0.39, 0.29) is 6.03 Å². The molecule has 0 aliphatic carbocycles. The summed E-state index contributed by atoms with van der Waals surface area (Å²) in [5.41, 5.74) is 3.84. The molecule has 6 nitrogen and oxygen atoms in total. The number of benzene rings is 1. The topological polar surface area (TPSA) is 61.4 Å². The van der Waals surface area contributed by atoms with Crippen molar-refractivity contribution in [1.29, 1.82) is 0 Å². The number of aryl methyl sites for hydroxylation is 2. The summed E-state index contributed by atoms with van der Waals surface area (Å²) in [5.74, 6) is 0.734. The van der Waals surface area contributed by atoms with Gasteiger partial charge in [0, 0.05) is 45.1 Å². The third-order valence-corrected chi connectivity index (χ3v) is 4.57. The second-order valence-electron chi connectivity index (χ2n) is 6.43. The van der Waals surface area contributed by atoms with Crippen molar-refractivity contribution >= 4 is 12.0 Å². The van der Waals surface area contributed by atoms with Crippen molar-refractivity contribution in [3.05, 3.63) is 53.3 Å². The van der Waals surface area contributed by atoms with Crippen LogP contribution >= 0.6 is 0 Å². The molecule has 6 heteroatoms. The zero-order valence-electron chi connectivity index (χ0n) is 14.9. The van der Waals surface area contributed by atoms with Crippen LogP contribution in [-0.4, -0.2) is 53.6 Å². The molecule has 1 aliphatic rings. The zero-order chi connectivity index (χ0) is 17.6. The fourth-order valence-electron chi connectivity index (χ4n) is 3.11. The number of urea groups is 1. The number of nitrogens with one attached hydrogen (secondary N) is 1. The van der Waals surface area contributed by atoms with Crippen LogP contribution in [0.1, 0.15) is 16.7 Å². The molecule has 1 N–H and O–H groups in total. The quantitative estimate of drug-likeness (QED) is 0.927.